The van der Waals surface area contributed by atoms with Crippen LogP contribution in [0, 0.1) is 0 Å². The molecule has 0 spiro atoms. The van der Waals surface area contributed by atoms with Crippen LogP contribution >= 0.6 is 12.2 Å². The van der Waals surface area contributed by atoms with Gasteiger partial charge in [-0.25, -0.2) is 0 Å². The van der Waals surface area contributed by atoms with Crippen molar-refractivity contribution >= 4 is 34.4 Å². The smallest absolute Gasteiger partial charge is 0.175 e. The van der Waals surface area contributed by atoms with Crippen molar-refractivity contribution in [3.05, 3.63) is 48.5 Å². The number of nitrogen functional groups attached to an aromatic ring is 1. The minimum absolute atomic E-state index is 0.190. The van der Waals surface area contributed by atoms with E-state index in [2.05, 4.69) is 10.6 Å². The second kappa shape index (κ2) is 5.37. The van der Waals surface area contributed by atoms with Crippen molar-refractivity contribution in [1.82, 2.24) is 0 Å². The van der Waals surface area contributed by atoms with Gasteiger partial charge in [-0.2, -0.15) is 0 Å². The van der Waals surface area contributed by atoms with E-state index in [0.29, 0.717) is 10.8 Å². The van der Waals surface area contributed by atoms with Crippen LogP contribution in [0.3, 0.4) is 0 Å². The predicted molar refractivity (Wildman–Crippen MR) is 78.8 cm³/mol. The van der Waals surface area contributed by atoms with Crippen molar-refractivity contribution in [2.75, 3.05) is 16.4 Å². The zero-order chi connectivity index (χ0) is 13.0. The fourth-order valence-electron chi connectivity index (χ4n) is 1.44. The Labute approximate surface area is 110 Å². The number of benzene rings is 2. The van der Waals surface area contributed by atoms with Gasteiger partial charge in [-0.15, -0.1) is 0 Å². The highest BCUT2D eigenvalue weighted by Crippen LogP contribution is 2.16. The number of phenolic OH excluding ortho intramolecular Hbond substituents is 1. The number of rotatable bonds is 2. The highest BCUT2D eigenvalue weighted by Gasteiger charge is 1.99. The Kier molecular flexibility index (Phi) is 3.64. The summed E-state index contributed by atoms with van der Waals surface area (Å²) in [6.07, 6.45) is 0. The van der Waals surface area contributed by atoms with E-state index in [1.807, 2.05) is 18.2 Å². The Morgan fingerprint density at radius 2 is 1.67 bits per heavy atom. The molecule has 0 fully saturated rings. The van der Waals surface area contributed by atoms with E-state index in [1.165, 1.54) is 0 Å². The van der Waals surface area contributed by atoms with Crippen LogP contribution in [0.25, 0.3) is 0 Å². The summed E-state index contributed by atoms with van der Waals surface area (Å²) >= 11 is 5.16. The zero-order valence-electron chi connectivity index (χ0n) is 9.55. The number of anilines is 3. The lowest BCUT2D eigenvalue weighted by Gasteiger charge is -2.10. The first-order valence-corrected chi connectivity index (χ1v) is 5.77. The van der Waals surface area contributed by atoms with E-state index in [1.54, 1.807) is 30.3 Å². The van der Waals surface area contributed by atoms with Gasteiger partial charge in [0, 0.05) is 23.1 Å². The van der Waals surface area contributed by atoms with Crippen molar-refractivity contribution in [1.29, 1.82) is 0 Å². The van der Waals surface area contributed by atoms with Gasteiger partial charge in [0.05, 0.1) is 0 Å². The average Bonchev–Trinajstić information content (AvgIpc) is 2.32. The van der Waals surface area contributed by atoms with Crippen LogP contribution in [0.5, 0.6) is 5.75 Å². The quantitative estimate of drug-likeness (QED) is 0.493. The van der Waals surface area contributed by atoms with Gasteiger partial charge in [-0.3, -0.25) is 0 Å². The topological polar surface area (TPSA) is 70.3 Å². The van der Waals surface area contributed by atoms with Crippen LogP contribution < -0.4 is 16.4 Å². The molecule has 2 aromatic carbocycles. The summed E-state index contributed by atoms with van der Waals surface area (Å²) in [7, 11) is 0. The highest BCUT2D eigenvalue weighted by molar-refractivity contribution is 7.80. The number of aromatic hydroxyl groups is 1. The second-order valence-corrected chi connectivity index (χ2v) is 4.16. The molecule has 5 heteroatoms. The van der Waals surface area contributed by atoms with E-state index in [-0.39, 0.29) is 5.75 Å². The molecule has 0 aromatic heterocycles. The number of hydrogen-bond donors (Lipinski definition) is 4. The van der Waals surface area contributed by atoms with Gasteiger partial charge in [0.25, 0.3) is 0 Å². The summed E-state index contributed by atoms with van der Waals surface area (Å²) < 4.78 is 0. The van der Waals surface area contributed by atoms with E-state index in [4.69, 9.17) is 18.0 Å². The molecular weight excluding hydrogens is 246 g/mol. The fourth-order valence-corrected chi connectivity index (χ4v) is 1.68. The van der Waals surface area contributed by atoms with Crippen molar-refractivity contribution < 1.29 is 5.11 Å². The lowest BCUT2D eigenvalue weighted by molar-refractivity contribution is 0.475. The highest BCUT2D eigenvalue weighted by atomic mass is 32.1. The van der Waals surface area contributed by atoms with Crippen molar-refractivity contribution in [3.63, 3.8) is 0 Å². The molecule has 92 valence electrons. The van der Waals surface area contributed by atoms with E-state index in [9.17, 15) is 5.11 Å². The maximum Gasteiger partial charge on any atom is 0.175 e. The van der Waals surface area contributed by atoms with Gasteiger partial charge in [-0.1, -0.05) is 6.07 Å². The van der Waals surface area contributed by atoms with Crippen LogP contribution in [0.15, 0.2) is 48.5 Å². The van der Waals surface area contributed by atoms with Gasteiger partial charge >= 0.3 is 0 Å². The molecule has 0 radical (unpaired) electrons. The molecule has 0 aliphatic heterocycles. The standard InChI is InChI=1S/C13H13N3OS/c14-9-4-6-10(7-5-9)15-13(18)16-11-2-1-3-12(17)8-11/h1-8,17H,14H2,(H2,15,16,18). The minimum atomic E-state index is 0.190. The largest absolute Gasteiger partial charge is 0.508 e. The number of nitrogens with two attached hydrogens (primary N) is 1. The van der Waals surface area contributed by atoms with E-state index in [0.717, 1.165) is 11.4 Å². The molecule has 18 heavy (non-hydrogen) atoms. The summed E-state index contributed by atoms with van der Waals surface area (Å²) in [5, 5.41) is 15.8. The van der Waals surface area contributed by atoms with Crippen molar-refractivity contribution in [3.8, 4) is 5.75 Å². The molecule has 2 aromatic rings. The molecule has 0 unspecified atom stereocenters. The predicted octanol–water partition coefficient (Wildman–Crippen LogP) is 2.78. The van der Waals surface area contributed by atoms with Crippen molar-refractivity contribution in [2.45, 2.75) is 0 Å². The Morgan fingerprint density at radius 1 is 1.00 bits per heavy atom. The molecular formula is C13H13N3OS. The molecule has 0 aliphatic carbocycles. The first-order chi connectivity index (χ1) is 8.63. The fraction of sp³-hybridized carbons (Fsp3) is 0. The first kappa shape index (κ1) is 12.2. The molecule has 0 amide bonds. The van der Waals surface area contributed by atoms with Crippen LogP contribution in [0.4, 0.5) is 17.1 Å². The third-order valence-electron chi connectivity index (χ3n) is 2.27. The first-order valence-electron chi connectivity index (χ1n) is 5.36. The molecule has 0 aliphatic rings. The molecule has 4 nitrogen and oxygen atoms in total. The molecule has 0 saturated heterocycles. The SMILES string of the molecule is Nc1ccc(NC(=S)Nc2cccc(O)c2)cc1. The van der Waals surface area contributed by atoms with Crippen LogP contribution in [0.2, 0.25) is 0 Å². The van der Waals surface area contributed by atoms with Crippen LogP contribution in [-0.4, -0.2) is 10.2 Å². The molecule has 0 saturated carbocycles. The lowest BCUT2D eigenvalue weighted by Crippen LogP contribution is -2.18. The summed E-state index contributed by atoms with van der Waals surface area (Å²) in [6, 6.07) is 14.0. The van der Waals surface area contributed by atoms with Gasteiger partial charge < -0.3 is 21.5 Å². The molecule has 2 rings (SSSR count). The Bertz CT molecular complexity index is 554. The molecule has 0 bridgehead atoms. The number of nitrogens with one attached hydrogen (secondary N) is 2. The van der Waals surface area contributed by atoms with E-state index < -0.39 is 0 Å². The zero-order valence-corrected chi connectivity index (χ0v) is 10.4. The Balaban J connectivity index is 1.98. The molecule has 0 atom stereocenters. The second-order valence-electron chi connectivity index (χ2n) is 3.75. The third-order valence-corrected chi connectivity index (χ3v) is 2.48. The summed E-state index contributed by atoms with van der Waals surface area (Å²) in [5.74, 6) is 0.190. The molecule has 5 N–H and O–H groups in total. The maximum atomic E-state index is 9.33. The number of thiocarbonyl (C=S) groups is 1. The Hall–Kier alpha value is -2.27. The molecule has 0 heterocycles. The summed E-state index contributed by atoms with van der Waals surface area (Å²) in [4.78, 5) is 0. The third kappa shape index (κ3) is 3.36. The van der Waals surface area contributed by atoms with Crippen molar-refractivity contribution in [2.24, 2.45) is 0 Å². The van der Waals surface area contributed by atoms with Gasteiger partial charge in [0.15, 0.2) is 5.11 Å². The van der Waals surface area contributed by atoms with Crippen LogP contribution in [-0.2, 0) is 0 Å². The monoisotopic (exact) mass is 259 g/mol. The summed E-state index contributed by atoms with van der Waals surface area (Å²) in [5.41, 5.74) is 7.87. The van der Waals surface area contributed by atoms with Gasteiger partial charge in [-0.05, 0) is 48.6 Å². The maximum absolute atomic E-state index is 9.33. The van der Waals surface area contributed by atoms with Gasteiger partial charge in [0.2, 0.25) is 0 Å². The van der Waals surface area contributed by atoms with Gasteiger partial charge in [0.1, 0.15) is 5.75 Å². The normalized spacial score (nSPS) is 9.78. The average molecular weight is 259 g/mol. The number of phenols is 1. The summed E-state index contributed by atoms with van der Waals surface area (Å²) in [6.45, 7) is 0. The minimum Gasteiger partial charge on any atom is -0.508 e. The van der Waals surface area contributed by atoms with E-state index >= 15 is 0 Å². The van der Waals surface area contributed by atoms with Crippen LogP contribution in [0.1, 0.15) is 0 Å². The Morgan fingerprint density at radius 3 is 2.33 bits per heavy atom. The lowest BCUT2D eigenvalue weighted by atomic mass is 10.3. The number of hydrogen-bond acceptors (Lipinski definition) is 3.